The second-order valence-corrected chi connectivity index (χ2v) is 5.39. The molecule has 3 aromatic rings. The van der Waals surface area contributed by atoms with Gasteiger partial charge in [-0.1, -0.05) is 18.2 Å². The summed E-state index contributed by atoms with van der Waals surface area (Å²) in [5, 5.41) is 10.2. The maximum absolute atomic E-state index is 11.1. The number of hydrogen-bond acceptors (Lipinski definition) is 4. The Labute approximate surface area is 128 Å². The number of benzene rings is 1. The van der Waals surface area contributed by atoms with Crippen LogP contribution in [0.4, 0.5) is 0 Å². The first kappa shape index (κ1) is 13.6. The van der Waals surface area contributed by atoms with Crippen LogP contribution in [0, 0.1) is 6.92 Å². The van der Waals surface area contributed by atoms with Gasteiger partial charge in [-0.2, -0.15) is 0 Å². The quantitative estimate of drug-likeness (QED) is 0.770. The van der Waals surface area contributed by atoms with Gasteiger partial charge in [-0.3, -0.25) is 0 Å². The normalized spacial score (nSPS) is 10.8. The topological polar surface area (TPSA) is 76.0 Å². The van der Waals surface area contributed by atoms with Crippen molar-refractivity contribution in [3.8, 4) is 11.5 Å². The summed E-state index contributed by atoms with van der Waals surface area (Å²) in [6.07, 6.45) is 1.43. The van der Waals surface area contributed by atoms with Gasteiger partial charge in [0.15, 0.2) is 11.5 Å². The minimum Gasteiger partial charge on any atom is -0.476 e. The van der Waals surface area contributed by atoms with Gasteiger partial charge in [-0.05, 0) is 40.5 Å². The van der Waals surface area contributed by atoms with E-state index in [1.807, 2.05) is 37.3 Å². The third kappa shape index (κ3) is 2.50. The van der Waals surface area contributed by atoms with Crippen molar-refractivity contribution in [3.63, 3.8) is 0 Å². The molecule has 0 aliphatic carbocycles. The van der Waals surface area contributed by atoms with Crippen LogP contribution in [0.2, 0.25) is 0 Å². The summed E-state index contributed by atoms with van der Waals surface area (Å²) in [7, 11) is 0. The molecular formula is C15H10BrN3O2. The van der Waals surface area contributed by atoms with E-state index in [2.05, 4.69) is 30.9 Å². The maximum atomic E-state index is 11.1. The molecule has 0 saturated carbocycles. The number of hydrogen-bond donors (Lipinski definition) is 1. The molecule has 104 valence electrons. The Hall–Kier alpha value is -2.34. The minimum atomic E-state index is -1.11. The number of fused-ring (bicyclic) bond motifs is 1. The summed E-state index contributed by atoms with van der Waals surface area (Å²) in [6.45, 7) is 1.98. The average Bonchev–Trinajstić information content (AvgIpc) is 2.47. The first-order valence-corrected chi connectivity index (χ1v) is 6.98. The summed E-state index contributed by atoms with van der Waals surface area (Å²) in [6, 6.07) is 9.62. The largest absolute Gasteiger partial charge is 0.476 e. The van der Waals surface area contributed by atoms with E-state index in [0.717, 1.165) is 16.5 Å². The van der Waals surface area contributed by atoms with Gasteiger partial charge in [-0.25, -0.2) is 19.7 Å². The van der Waals surface area contributed by atoms with Crippen molar-refractivity contribution in [2.24, 2.45) is 0 Å². The van der Waals surface area contributed by atoms with Crippen LogP contribution in [-0.2, 0) is 0 Å². The Bertz CT molecular complexity index is 865. The van der Waals surface area contributed by atoms with Gasteiger partial charge >= 0.3 is 5.97 Å². The fourth-order valence-electron chi connectivity index (χ4n) is 2.10. The van der Waals surface area contributed by atoms with Gasteiger partial charge in [0.25, 0.3) is 0 Å². The molecular weight excluding hydrogens is 334 g/mol. The number of para-hydroxylation sites is 1. The van der Waals surface area contributed by atoms with Crippen molar-refractivity contribution in [2.75, 3.05) is 0 Å². The number of aromatic carboxylic acids is 1. The fraction of sp³-hybridized carbons (Fsp3) is 0.0667. The minimum absolute atomic E-state index is 0.0763. The highest BCUT2D eigenvalue weighted by Gasteiger charge is 2.14. The molecule has 0 fully saturated rings. The molecule has 0 aliphatic rings. The molecule has 0 amide bonds. The van der Waals surface area contributed by atoms with E-state index in [-0.39, 0.29) is 5.69 Å². The Balaban J connectivity index is 2.21. The number of carbonyl (C=O) groups is 1. The molecule has 1 aromatic carbocycles. The summed E-state index contributed by atoms with van der Waals surface area (Å²) in [5.74, 6) is -0.813. The van der Waals surface area contributed by atoms with Gasteiger partial charge in [0, 0.05) is 11.6 Å². The Morgan fingerprint density at radius 3 is 2.76 bits per heavy atom. The molecule has 2 heterocycles. The van der Waals surface area contributed by atoms with Crippen molar-refractivity contribution in [1.29, 1.82) is 0 Å². The molecule has 0 radical (unpaired) electrons. The number of aromatic nitrogens is 3. The van der Waals surface area contributed by atoms with E-state index in [4.69, 9.17) is 5.11 Å². The van der Waals surface area contributed by atoms with E-state index in [1.165, 1.54) is 6.20 Å². The van der Waals surface area contributed by atoms with Crippen molar-refractivity contribution in [1.82, 2.24) is 15.0 Å². The molecule has 3 rings (SSSR count). The molecule has 0 unspecified atom stereocenters. The SMILES string of the molecule is Cc1cc(-c2ncc(Br)c(C(=O)O)n2)nc2ccccc12. The average molecular weight is 344 g/mol. The first-order chi connectivity index (χ1) is 10.1. The van der Waals surface area contributed by atoms with Gasteiger partial charge < -0.3 is 5.11 Å². The van der Waals surface area contributed by atoms with Crippen LogP contribution < -0.4 is 0 Å². The third-order valence-electron chi connectivity index (χ3n) is 3.10. The smallest absolute Gasteiger partial charge is 0.355 e. The summed E-state index contributed by atoms with van der Waals surface area (Å²) in [4.78, 5) is 23.9. The second-order valence-electron chi connectivity index (χ2n) is 4.54. The Kier molecular flexibility index (Phi) is 3.39. The van der Waals surface area contributed by atoms with Crippen LogP contribution in [0.1, 0.15) is 16.1 Å². The van der Waals surface area contributed by atoms with Gasteiger partial charge in [0.2, 0.25) is 0 Å². The highest BCUT2D eigenvalue weighted by atomic mass is 79.9. The van der Waals surface area contributed by atoms with Gasteiger partial charge in [0.05, 0.1) is 9.99 Å². The lowest BCUT2D eigenvalue weighted by Crippen LogP contribution is -2.05. The molecule has 21 heavy (non-hydrogen) atoms. The van der Waals surface area contributed by atoms with E-state index in [0.29, 0.717) is 16.0 Å². The zero-order chi connectivity index (χ0) is 15.0. The molecule has 2 aromatic heterocycles. The number of halogens is 1. The van der Waals surface area contributed by atoms with Crippen molar-refractivity contribution < 1.29 is 9.90 Å². The first-order valence-electron chi connectivity index (χ1n) is 6.19. The van der Waals surface area contributed by atoms with Crippen molar-refractivity contribution in [3.05, 3.63) is 52.3 Å². The van der Waals surface area contributed by atoms with Crippen molar-refractivity contribution in [2.45, 2.75) is 6.92 Å². The standard InChI is InChI=1S/C15H10BrN3O2/c1-8-6-12(18-11-5-3-2-4-9(8)11)14-17-7-10(16)13(19-14)15(20)21/h2-7H,1H3,(H,20,21). The number of pyridine rings is 1. The number of carboxylic acid groups (broad SMARTS) is 1. The Morgan fingerprint density at radius 2 is 2.00 bits per heavy atom. The predicted molar refractivity (Wildman–Crippen MR) is 82.2 cm³/mol. The number of aryl methyl sites for hydroxylation is 1. The third-order valence-corrected chi connectivity index (χ3v) is 3.68. The monoisotopic (exact) mass is 343 g/mol. The van der Waals surface area contributed by atoms with Crippen LogP contribution in [0.25, 0.3) is 22.4 Å². The second kappa shape index (κ2) is 5.21. The Morgan fingerprint density at radius 1 is 1.24 bits per heavy atom. The molecule has 0 aliphatic heterocycles. The number of carboxylic acids is 1. The summed E-state index contributed by atoms with van der Waals surface area (Å²) < 4.78 is 0.344. The predicted octanol–water partition coefficient (Wildman–Crippen LogP) is 3.46. The van der Waals surface area contributed by atoms with Crippen LogP contribution >= 0.6 is 15.9 Å². The molecule has 0 atom stereocenters. The molecule has 1 N–H and O–H groups in total. The van der Waals surface area contributed by atoms with Crippen molar-refractivity contribution >= 4 is 32.8 Å². The van der Waals surface area contributed by atoms with Crippen LogP contribution in [0.5, 0.6) is 0 Å². The van der Waals surface area contributed by atoms with E-state index >= 15 is 0 Å². The van der Waals surface area contributed by atoms with Gasteiger partial charge in [0.1, 0.15) is 5.69 Å². The van der Waals surface area contributed by atoms with E-state index in [1.54, 1.807) is 0 Å². The lowest BCUT2D eigenvalue weighted by atomic mass is 10.1. The van der Waals surface area contributed by atoms with E-state index < -0.39 is 5.97 Å². The number of rotatable bonds is 2. The van der Waals surface area contributed by atoms with Crippen LogP contribution in [0.3, 0.4) is 0 Å². The maximum Gasteiger partial charge on any atom is 0.355 e. The number of nitrogens with zero attached hydrogens (tertiary/aromatic N) is 3. The molecule has 0 spiro atoms. The van der Waals surface area contributed by atoms with Crippen LogP contribution in [0.15, 0.2) is 41.0 Å². The zero-order valence-electron chi connectivity index (χ0n) is 11.0. The zero-order valence-corrected chi connectivity index (χ0v) is 12.6. The summed E-state index contributed by atoms with van der Waals surface area (Å²) in [5.41, 5.74) is 2.35. The lowest BCUT2D eigenvalue weighted by molar-refractivity contribution is 0.0689. The fourth-order valence-corrected chi connectivity index (χ4v) is 2.47. The van der Waals surface area contributed by atoms with E-state index in [9.17, 15) is 4.79 Å². The lowest BCUT2D eigenvalue weighted by Gasteiger charge is -2.06. The molecule has 6 heteroatoms. The molecule has 0 bridgehead atoms. The summed E-state index contributed by atoms with van der Waals surface area (Å²) >= 11 is 3.13. The highest BCUT2D eigenvalue weighted by Crippen LogP contribution is 2.23. The molecule has 0 saturated heterocycles. The molecule has 5 nitrogen and oxygen atoms in total. The highest BCUT2D eigenvalue weighted by molar-refractivity contribution is 9.10. The van der Waals surface area contributed by atoms with Crippen LogP contribution in [-0.4, -0.2) is 26.0 Å². The van der Waals surface area contributed by atoms with Gasteiger partial charge in [-0.15, -0.1) is 0 Å².